The minimum atomic E-state index is 0.241. The summed E-state index contributed by atoms with van der Waals surface area (Å²) < 4.78 is 3.94. The highest BCUT2D eigenvalue weighted by molar-refractivity contribution is 7.05. The molecule has 2 N–H and O–H groups in total. The Morgan fingerprint density at radius 1 is 1.50 bits per heavy atom. The van der Waals surface area contributed by atoms with E-state index in [-0.39, 0.29) is 6.61 Å². The van der Waals surface area contributed by atoms with Crippen LogP contribution >= 0.6 is 11.5 Å². The number of nitrogens with one attached hydrogen (secondary N) is 1. The van der Waals surface area contributed by atoms with Gasteiger partial charge in [0.2, 0.25) is 0 Å². The molecule has 0 spiro atoms. The zero-order valence-electron chi connectivity index (χ0n) is 8.66. The Morgan fingerprint density at radius 2 is 2.29 bits per heavy atom. The van der Waals surface area contributed by atoms with Gasteiger partial charge in [0, 0.05) is 13.2 Å². The molecule has 0 aliphatic rings. The van der Waals surface area contributed by atoms with Crippen molar-refractivity contribution in [1.82, 2.24) is 14.9 Å². The van der Waals surface area contributed by atoms with Crippen molar-refractivity contribution in [1.29, 1.82) is 0 Å². The predicted molar refractivity (Wildman–Crippen MR) is 57.4 cm³/mol. The normalized spacial score (nSPS) is 11.1. The average molecular weight is 215 g/mol. The van der Waals surface area contributed by atoms with Crippen LogP contribution in [0.5, 0.6) is 0 Å². The number of nitrogens with zero attached hydrogens (tertiary/aromatic N) is 2. The van der Waals surface area contributed by atoms with E-state index in [4.69, 9.17) is 5.11 Å². The van der Waals surface area contributed by atoms with Crippen LogP contribution in [-0.4, -0.2) is 27.8 Å². The Labute approximate surface area is 88.5 Å². The van der Waals surface area contributed by atoms with Crippen molar-refractivity contribution >= 4 is 11.5 Å². The lowest BCUT2D eigenvalue weighted by Gasteiger charge is -2.04. The number of aliphatic hydroxyl groups is 1. The smallest absolute Gasteiger partial charge is 0.0826 e. The summed E-state index contributed by atoms with van der Waals surface area (Å²) >= 11 is 1.45. The second-order valence-electron chi connectivity index (χ2n) is 3.49. The summed E-state index contributed by atoms with van der Waals surface area (Å²) in [5.74, 6) is 0.434. The van der Waals surface area contributed by atoms with Crippen LogP contribution in [0.2, 0.25) is 0 Å². The standard InChI is InChI=1S/C9H17N3OS/c1-7(2)9-8(14-12-11-9)6-10-4-3-5-13/h7,10,13H,3-6H2,1-2H3. The second-order valence-corrected chi connectivity index (χ2v) is 4.33. The fourth-order valence-corrected chi connectivity index (χ4v) is 1.95. The van der Waals surface area contributed by atoms with Gasteiger partial charge in [-0.3, -0.25) is 0 Å². The maximum Gasteiger partial charge on any atom is 0.0826 e. The predicted octanol–water partition coefficient (Wildman–Crippen LogP) is 1.13. The molecule has 0 amide bonds. The molecule has 1 aromatic rings. The lowest BCUT2D eigenvalue weighted by Crippen LogP contribution is -2.16. The van der Waals surface area contributed by atoms with Gasteiger partial charge < -0.3 is 10.4 Å². The van der Waals surface area contributed by atoms with E-state index in [0.29, 0.717) is 5.92 Å². The van der Waals surface area contributed by atoms with E-state index in [1.807, 2.05) is 0 Å². The van der Waals surface area contributed by atoms with Crippen LogP contribution in [0.15, 0.2) is 0 Å². The SMILES string of the molecule is CC(C)c1nnsc1CNCCCO. The lowest BCUT2D eigenvalue weighted by atomic mass is 10.1. The summed E-state index contributed by atoms with van der Waals surface area (Å²) in [6.07, 6.45) is 0.795. The van der Waals surface area contributed by atoms with E-state index < -0.39 is 0 Å². The van der Waals surface area contributed by atoms with Crippen LogP contribution in [0.25, 0.3) is 0 Å². The van der Waals surface area contributed by atoms with Gasteiger partial charge >= 0.3 is 0 Å². The van der Waals surface area contributed by atoms with Crippen molar-refractivity contribution in [3.8, 4) is 0 Å². The van der Waals surface area contributed by atoms with Crippen LogP contribution in [-0.2, 0) is 6.54 Å². The van der Waals surface area contributed by atoms with Crippen LogP contribution in [0, 0.1) is 0 Å². The van der Waals surface area contributed by atoms with E-state index in [1.54, 1.807) is 0 Å². The van der Waals surface area contributed by atoms with E-state index >= 15 is 0 Å². The molecule has 0 aliphatic heterocycles. The Balaban J connectivity index is 2.38. The first kappa shape index (κ1) is 11.6. The Bertz CT molecular complexity index is 262. The van der Waals surface area contributed by atoms with Gasteiger partial charge in [0.25, 0.3) is 0 Å². The van der Waals surface area contributed by atoms with Crippen LogP contribution < -0.4 is 5.32 Å². The van der Waals surface area contributed by atoms with Gasteiger partial charge in [-0.05, 0) is 30.4 Å². The largest absolute Gasteiger partial charge is 0.396 e. The first-order chi connectivity index (χ1) is 6.75. The van der Waals surface area contributed by atoms with Gasteiger partial charge in [0.15, 0.2) is 0 Å². The number of aliphatic hydroxyl groups excluding tert-OH is 1. The monoisotopic (exact) mass is 215 g/mol. The highest BCUT2D eigenvalue weighted by atomic mass is 32.1. The zero-order chi connectivity index (χ0) is 10.4. The van der Waals surface area contributed by atoms with Gasteiger partial charge in [-0.2, -0.15) is 0 Å². The Kier molecular flexibility index (Phi) is 5.00. The molecule has 0 aliphatic carbocycles. The third-order valence-electron chi connectivity index (χ3n) is 1.93. The Hall–Kier alpha value is -0.520. The molecule has 14 heavy (non-hydrogen) atoms. The fourth-order valence-electron chi connectivity index (χ4n) is 1.18. The molecule has 1 rings (SSSR count). The summed E-state index contributed by atoms with van der Waals surface area (Å²) in [4.78, 5) is 1.21. The van der Waals surface area contributed by atoms with E-state index in [0.717, 1.165) is 25.2 Å². The molecule has 0 saturated carbocycles. The molecule has 0 atom stereocenters. The van der Waals surface area contributed by atoms with Crippen LogP contribution in [0.3, 0.4) is 0 Å². The molecule has 5 heteroatoms. The van der Waals surface area contributed by atoms with Crippen LogP contribution in [0.4, 0.5) is 0 Å². The third kappa shape index (κ3) is 3.32. The molecule has 0 bridgehead atoms. The lowest BCUT2D eigenvalue weighted by molar-refractivity contribution is 0.286. The third-order valence-corrected chi connectivity index (χ3v) is 2.67. The first-order valence-electron chi connectivity index (χ1n) is 4.88. The summed E-state index contributed by atoms with van der Waals surface area (Å²) in [5, 5.41) is 16.0. The van der Waals surface area contributed by atoms with Gasteiger partial charge in [-0.15, -0.1) is 5.10 Å². The second kappa shape index (κ2) is 6.06. The minimum Gasteiger partial charge on any atom is -0.396 e. The highest BCUT2D eigenvalue weighted by Crippen LogP contribution is 2.19. The van der Waals surface area contributed by atoms with E-state index in [9.17, 15) is 0 Å². The van der Waals surface area contributed by atoms with Crippen molar-refractivity contribution in [3.63, 3.8) is 0 Å². The molecule has 0 aromatic carbocycles. The summed E-state index contributed by atoms with van der Waals surface area (Å²) in [6, 6.07) is 0. The first-order valence-corrected chi connectivity index (χ1v) is 5.65. The molecule has 1 heterocycles. The van der Waals surface area contributed by atoms with Crippen molar-refractivity contribution < 1.29 is 5.11 Å². The number of hydrogen-bond acceptors (Lipinski definition) is 5. The molecule has 0 unspecified atom stereocenters. The maximum atomic E-state index is 8.60. The van der Waals surface area contributed by atoms with Gasteiger partial charge in [0.1, 0.15) is 0 Å². The number of aromatic nitrogens is 2. The molecule has 4 nitrogen and oxygen atoms in total. The quantitative estimate of drug-likeness (QED) is 0.699. The molecule has 0 saturated heterocycles. The van der Waals surface area contributed by atoms with Gasteiger partial charge in [-0.1, -0.05) is 18.3 Å². The van der Waals surface area contributed by atoms with Gasteiger partial charge in [0.05, 0.1) is 10.6 Å². The summed E-state index contributed by atoms with van der Waals surface area (Å²) in [6.45, 7) is 6.13. The molecule has 0 radical (unpaired) electrons. The van der Waals surface area contributed by atoms with Crippen LogP contribution in [0.1, 0.15) is 36.8 Å². The molecular weight excluding hydrogens is 198 g/mol. The van der Waals surface area contributed by atoms with E-state index in [1.165, 1.54) is 16.4 Å². The summed E-state index contributed by atoms with van der Waals surface area (Å²) in [7, 11) is 0. The average Bonchev–Trinajstić information content (AvgIpc) is 2.60. The van der Waals surface area contributed by atoms with Crippen molar-refractivity contribution in [2.24, 2.45) is 0 Å². The van der Waals surface area contributed by atoms with E-state index in [2.05, 4.69) is 28.8 Å². The molecule has 1 aromatic heterocycles. The Morgan fingerprint density at radius 3 is 2.93 bits per heavy atom. The topological polar surface area (TPSA) is 58.0 Å². The molecule has 0 fully saturated rings. The number of hydrogen-bond donors (Lipinski definition) is 2. The van der Waals surface area contributed by atoms with Gasteiger partial charge in [-0.25, -0.2) is 0 Å². The molecular formula is C9H17N3OS. The maximum absolute atomic E-state index is 8.60. The summed E-state index contributed by atoms with van der Waals surface area (Å²) in [5.41, 5.74) is 1.09. The zero-order valence-corrected chi connectivity index (χ0v) is 9.47. The van der Waals surface area contributed by atoms with Crippen molar-refractivity contribution in [2.45, 2.75) is 32.7 Å². The highest BCUT2D eigenvalue weighted by Gasteiger charge is 2.10. The van der Waals surface area contributed by atoms with Crippen molar-refractivity contribution in [3.05, 3.63) is 10.6 Å². The van der Waals surface area contributed by atoms with Crippen molar-refractivity contribution in [2.75, 3.05) is 13.2 Å². The number of rotatable bonds is 6. The molecule has 80 valence electrons. The minimum absolute atomic E-state index is 0.241. The fraction of sp³-hybridized carbons (Fsp3) is 0.778.